The SMILES string of the molecule is O=C(NCc1ccccc1Cn1cccn1)NC1CCCCC1. The fourth-order valence-corrected chi connectivity index (χ4v) is 3.11. The number of rotatable bonds is 5. The fourth-order valence-electron chi connectivity index (χ4n) is 3.11. The van der Waals surface area contributed by atoms with E-state index < -0.39 is 0 Å². The summed E-state index contributed by atoms with van der Waals surface area (Å²) in [4.78, 5) is 12.1. The van der Waals surface area contributed by atoms with Crippen molar-refractivity contribution in [1.82, 2.24) is 20.4 Å². The number of aromatic nitrogens is 2. The van der Waals surface area contributed by atoms with Gasteiger partial charge in [0.15, 0.2) is 0 Å². The molecule has 2 N–H and O–H groups in total. The van der Waals surface area contributed by atoms with Crippen LogP contribution in [-0.2, 0) is 13.1 Å². The molecule has 0 radical (unpaired) electrons. The van der Waals surface area contributed by atoms with Gasteiger partial charge < -0.3 is 10.6 Å². The summed E-state index contributed by atoms with van der Waals surface area (Å²) in [5.41, 5.74) is 2.30. The van der Waals surface area contributed by atoms with E-state index in [1.165, 1.54) is 24.8 Å². The number of nitrogens with zero attached hydrogens (tertiary/aromatic N) is 2. The van der Waals surface area contributed by atoms with Crippen LogP contribution in [0.4, 0.5) is 4.79 Å². The Morgan fingerprint density at radius 2 is 1.91 bits per heavy atom. The van der Waals surface area contributed by atoms with Crippen LogP contribution in [-0.4, -0.2) is 21.9 Å². The number of nitrogens with one attached hydrogen (secondary N) is 2. The number of urea groups is 1. The van der Waals surface area contributed by atoms with E-state index in [-0.39, 0.29) is 6.03 Å². The van der Waals surface area contributed by atoms with E-state index in [1.54, 1.807) is 6.20 Å². The van der Waals surface area contributed by atoms with Crippen LogP contribution in [0.25, 0.3) is 0 Å². The van der Waals surface area contributed by atoms with Crippen LogP contribution in [0.2, 0.25) is 0 Å². The molecule has 1 aliphatic rings. The summed E-state index contributed by atoms with van der Waals surface area (Å²) in [6, 6.07) is 10.3. The molecule has 1 aromatic heterocycles. The highest BCUT2D eigenvalue weighted by Gasteiger charge is 2.15. The molecule has 1 heterocycles. The molecule has 0 unspecified atom stereocenters. The summed E-state index contributed by atoms with van der Waals surface area (Å²) in [5.74, 6) is 0. The molecule has 3 rings (SSSR count). The maximum atomic E-state index is 12.1. The summed E-state index contributed by atoms with van der Waals surface area (Å²) < 4.78 is 1.89. The molecule has 5 heteroatoms. The summed E-state index contributed by atoms with van der Waals surface area (Å²) in [7, 11) is 0. The van der Waals surface area contributed by atoms with Crippen LogP contribution in [0.15, 0.2) is 42.7 Å². The lowest BCUT2D eigenvalue weighted by molar-refractivity contribution is 0.232. The van der Waals surface area contributed by atoms with Gasteiger partial charge in [0.1, 0.15) is 0 Å². The van der Waals surface area contributed by atoms with Crippen LogP contribution >= 0.6 is 0 Å². The van der Waals surface area contributed by atoms with Gasteiger partial charge in [-0.1, -0.05) is 43.5 Å². The summed E-state index contributed by atoms with van der Waals surface area (Å²) >= 11 is 0. The second-order valence-electron chi connectivity index (χ2n) is 6.13. The number of hydrogen-bond acceptors (Lipinski definition) is 2. The van der Waals surface area contributed by atoms with Crippen LogP contribution in [0.1, 0.15) is 43.2 Å². The molecule has 0 bridgehead atoms. The van der Waals surface area contributed by atoms with Gasteiger partial charge in [0.05, 0.1) is 6.54 Å². The first-order chi connectivity index (χ1) is 11.3. The molecule has 2 amide bonds. The third kappa shape index (κ3) is 4.58. The zero-order valence-corrected chi connectivity index (χ0v) is 13.4. The minimum absolute atomic E-state index is 0.0641. The lowest BCUT2D eigenvalue weighted by atomic mass is 9.96. The molecule has 1 aromatic carbocycles. The highest BCUT2D eigenvalue weighted by Crippen LogP contribution is 2.17. The smallest absolute Gasteiger partial charge is 0.315 e. The first kappa shape index (κ1) is 15.6. The molecule has 1 aliphatic carbocycles. The lowest BCUT2D eigenvalue weighted by Crippen LogP contribution is -2.42. The van der Waals surface area contributed by atoms with E-state index in [4.69, 9.17) is 0 Å². The Morgan fingerprint density at radius 1 is 1.13 bits per heavy atom. The molecule has 122 valence electrons. The Labute approximate surface area is 137 Å². The number of hydrogen-bond donors (Lipinski definition) is 2. The summed E-state index contributed by atoms with van der Waals surface area (Å²) in [6.45, 7) is 1.26. The second-order valence-corrected chi connectivity index (χ2v) is 6.13. The normalized spacial score (nSPS) is 15.3. The van der Waals surface area contributed by atoms with Crippen LogP contribution in [0.5, 0.6) is 0 Å². The average Bonchev–Trinajstić information content (AvgIpc) is 3.08. The second kappa shape index (κ2) is 7.81. The quantitative estimate of drug-likeness (QED) is 0.891. The van der Waals surface area contributed by atoms with Crippen molar-refractivity contribution in [2.24, 2.45) is 0 Å². The number of amides is 2. The number of benzene rings is 1. The Balaban J connectivity index is 1.54. The van der Waals surface area contributed by atoms with Crippen LogP contribution < -0.4 is 10.6 Å². The molecular weight excluding hydrogens is 288 g/mol. The van der Waals surface area contributed by atoms with E-state index in [0.29, 0.717) is 12.6 Å². The fraction of sp³-hybridized carbons (Fsp3) is 0.444. The Kier molecular flexibility index (Phi) is 5.29. The van der Waals surface area contributed by atoms with Crippen molar-refractivity contribution in [3.05, 3.63) is 53.9 Å². The monoisotopic (exact) mass is 312 g/mol. The van der Waals surface area contributed by atoms with E-state index in [1.807, 2.05) is 29.1 Å². The summed E-state index contributed by atoms with van der Waals surface area (Å²) in [5, 5.41) is 10.3. The van der Waals surface area contributed by atoms with Crippen LogP contribution in [0.3, 0.4) is 0 Å². The molecule has 1 saturated carbocycles. The van der Waals surface area contributed by atoms with Gasteiger partial charge in [-0.05, 0) is 30.0 Å². The highest BCUT2D eigenvalue weighted by atomic mass is 16.2. The molecule has 23 heavy (non-hydrogen) atoms. The number of carbonyl (C=O) groups excluding carboxylic acids is 1. The third-order valence-electron chi connectivity index (χ3n) is 4.39. The minimum Gasteiger partial charge on any atom is -0.335 e. The van der Waals surface area contributed by atoms with Crippen molar-refractivity contribution in [2.45, 2.75) is 51.2 Å². The van der Waals surface area contributed by atoms with E-state index in [0.717, 1.165) is 24.9 Å². The van der Waals surface area contributed by atoms with Crippen molar-refractivity contribution in [2.75, 3.05) is 0 Å². The Hall–Kier alpha value is -2.30. The van der Waals surface area contributed by atoms with Gasteiger partial charge in [-0.3, -0.25) is 4.68 Å². The maximum absolute atomic E-state index is 12.1. The first-order valence-corrected chi connectivity index (χ1v) is 8.40. The molecule has 0 aliphatic heterocycles. The van der Waals surface area contributed by atoms with E-state index >= 15 is 0 Å². The van der Waals surface area contributed by atoms with Gasteiger partial charge >= 0.3 is 6.03 Å². The van der Waals surface area contributed by atoms with Crippen molar-refractivity contribution >= 4 is 6.03 Å². The van der Waals surface area contributed by atoms with Gasteiger partial charge in [-0.15, -0.1) is 0 Å². The van der Waals surface area contributed by atoms with Gasteiger partial charge in [0, 0.05) is 25.0 Å². The third-order valence-corrected chi connectivity index (χ3v) is 4.39. The highest BCUT2D eigenvalue weighted by molar-refractivity contribution is 5.74. The zero-order valence-electron chi connectivity index (χ0n) is 13.4. The molecule has 2 aromatic rings. The Morgan fingerprint density at radius 3 is 2.65 bits per heavy atom. The molecule has 0 atom stereocenters. The van der Waals surface area contributed by atoms with Crippen molar-refractivity contribution in [3.8, 4) is 0 Å². The maximum Gasteiger partial charge on any atom is 0.315 e. The molecule has 0 saturated heterocycles. The van der Waals surface area contributed by atoms with E-state index in [2.05, 4.69) is 27.9 Å². The minimum atomic E-state index is -0.0641. The predicted octanol–water partition coefficient (Wildman–Crippen LogP) is 3.06. The van der Waals surface area contributed by atoms with Gasteiger partial charge in [0.25, 0.3) is 0 Å². The topological polar surface area (TPSA) is 59.0 Å². The van der Waals surface area contributed by atoms with Crippen molar-refractivity contribution in [3.63, 3.8) is 0 Å². The molecule has 5 nitrogen and oxygen atoms in total. The van der Waals surface area contributed by atoms with Gasteiger partial charge in [-0.25, -0.2) is 4.79 Å². The van der Waals surface area contributed by atoms with Crippen LogP contribution in [0, 0.1) is 0 Å². The zero-order chi connectivity index (χ0) is 15.9. The van der Waals surface area contributed by atoms with Gasteiger partial charge in [-0.2, -0.15) is 5.10 Å². The lowest BCUT2D eigenvalue weighted by Gasteiger charge is -2.23. The summed E-state index contributed by atoms with van der Waals surface area (Å²) in [6.07, 6.45) is 9.65. The largest absolute Gasteiger partial charge is 0.335 e. The Bertz CT molecular complexity index is 618. The molecule has 1 fully saturated rings. The number of carbonyl (C=O) groups is 1. The predicted molar refractivity (Wildman–Crippen MR) is 90.0 cm³/mol. The standard InChI is InChI=1S/C18H24N4O/c23-18(21-17-9-2-1-3-10-17)19-13-15-7-4-5-8-16(15)14-22-12-6-11-20-22/h4-8,11-12,17H,1-3,9-10,13-14H2,(H2,19,21,23). The van der Waals surface area contributed by atoms with Crippen molar-refractivity contribution in [1.29, 1.82) is 0 Å². The molecule has 0 spiro atoms. The van der Waals surface area contributed by atoms with Gasteiger partial charge in [0.2, 0.25) is 0 Å². The first-order valence-electron chi connectivity index (χ1n) is 8.40. The van der Waals surface area contributed by atoms with Crippen molar-refractivity contribution < 1.29 is 4.79 Å². The van der Waals surface area contributed by atoms with E-state index in [9.17, 15) is 4.79 Å². The average molecular weight is 312 g/mol. The molecular formula is C18H24N4O.